The molecule has 2 aromatic heterocycles. The predicted octanol–water partition coefficient (Wildman–Crippen LogP) is 1.44. The number of aromatic nitrogens is 3. The molecule has 0 bridgehead atoms. The van der Waals surface area contributed by atoms with Gasteiger partial charge in [-0.15, -0.1) is 0 Å². The van der Waals surface area contributed by atoms with Crippen LogP contribution in [0.4, 0.5) is 0 Å². The molecule has 0 radical (unpaired) electrons. The Labute approximate surface area is 171 Å². The van der Waals surface area contributed by atoms with Crippen LogP contribution in [0.15, 0.2) is 12.3 Å². The smallest absolute Gasteiger partial charge is 0.219 e. The predicted molar refractivity (Wildman–Crippen MR) is 109 cm³/mol. The number of nitrogens with zero attached hydrogens (tertiary/aromatic N) is 5. The van der Waals surface area contributed by atoms with E-state index in [1.807, 2.05) is 35.5 Å². The van der Waals surface area contributed by atoms with Gasteiger partial charge in [-0.1, -0.05) is 0 Å². The Morgan fingerprint density at radius 1 is 1.24 bits per heavy atom. The molecular weight excluding hydrogens is 368 g/mol. The zero-order valence-electron chi connectivity index (χ0n) is 17.7. The summed E-state index contributed by atoms with van der Waals surface area (Å²) >= 11 is 0. The minimum atomic E-state index is -0.00774. The normalized spacial score (nSPS) is 21.8. The van der Waals surface area contributed by atoms with E-state index in [-0.39, 0.29) is 23.4 Å². The van der Waals surface area contributed by atoms with Crippen molar-refractivity contribution in [1.29, 1.82) is 0 Å². The van der Waals surface area contributed by atoms with Crippen molar-refractivity contribution in [3.8, 4) is 0 Å². The van der Waals surface area contributed by atoms with Gasteiger partial charge in [-0.25, -0.2) is 9.50 Å². The molecule has 156 valence electrons. The molecule has 29 heavy (non-hydrogen) atoms. The molecule has 0 saturated carbocycles. The number of likely N-dealkylation sites (tertiary alicyclic amines) is 2. The van der Waals surface area contributed by atoms with E-state index in [4.69, 9.17) is 4.98 Å². The Morgan fingerprint density at radius 2 is 1.97 bits per heavy atom. The van der Waals surface area contributed by atoms with Gasteiger partial charge in [-0.2, -0.15) is 5.10 Å². The number of hydrogen-bond acceptors (Lipinski definition) is 5. The molecule has 2 fully saturated rings. The number of aryl methyl sites for hydroxylation is 2. The second kappa shape index (κ2) is 7.40. The van der Waals surface area contributed by atoms with Crippen molar-refractivity contribution in [2.75, 3.05) is 19.6 Å². The molecule has 2 amide bonds. The maximum Gasteiger partial charge on any atom is 0.219 e. The molecule has 0 aliphatic carbocycles. The van der Waals surface area contributed by atoms with Gasteiger partial charge in [0.2, 0.25) is 11.8 Å². The van der Waals surface area contributed by atoms with Gasteiger partial charge in [0.1, 0.15) is 0 Å². The molecule has 2 aromatic rings. The summed E-state index contributed by atoms with van der Waals surface area (Å²) in [5.41, 5.74) is 4.06. The lowest BCUT2D eigenvalue weighted by Gasteiger charge is -2.44. The number of carbonyl (C=O) groups excluding carboxylic acids is 2. The van der Waals surface area contributed by atoms with Gasteiger partial charge in [0, 0.05) is 68.6 Å². The fourth-order valence-corrected chi connectivity index (χ4v) is 5.12. The van der Waals surface area contributed by atoms with Gasteiger partial charge in [0.05, 0.1) is 6.20 Å². The molecule has 1 spiro atoms. The molecule has 4 heterocycles. The quantitative estimate of drug-likeness (QED) is 0.846. The highest BCUT2D eigenvalue weighted by molar-refractivity contribution is 5.73. The molecule has 0 aromatic carbocycles. The zero-order chi connectivity index (χ0) is 20.8. The van der Waals surface area contributed by atoms with E-state index in [2.05, 4.69) is 15.3 Å². The monoisotopic (exact) mass is 398 g/mol. The van der Waals surface area contributed by atoms with Crippen molar-refractivity contribution < 1.29 is 9.59 Å². The lowest BCUT2D eigenvalue weighted by atomic mass is 9.84. The number of nitrogens with one attached hydrogen (secondary N) is 1. The van der Waals surface area contributed by atoms with E-state index in [0.29, 0.717) is 0 Å². The van der Waals surface area contributed by atoms with Crippen LogP contribution >= 0.6 is 0 Å². The summed E-state index contributed by atoms with van der Waals surface area (Å²) in [4.78, 5) is 32.6. The van der Waals surface area contributed by atoms with Gasteiger partial charge in [-0.05, 0) is 39.2 Å². The van der Waals surface area contributed by atoms with Gasteiger partial charge in [0.25, 0.3) is 0 Å². The second-order valence-corrected chi connectivity index (χ2v) is 8.66. The van der Waals surface area contributed by atoms with Gasteiger partial charge in [-0.3, -0.25) is 14.5 Å². The van der Waals surface area contributed by atoms with Crippen LogP contribution < -0.4 is 5.32 Å². The summed E-state index contributed by atoms with van der Waals surface area (Å²) < 4.78 is 1.90. The molecule has 2 aliphatic heterocycles. The number of hydrogen-bond donors (Lipinski definition) is 1. The van der Waals surface area contributed by atoms with Crippen molar-refractivity contribution in [2.24, 2.45) is 0 Å². The van der Waals surface area contributed by atoms with Gasteiger partial charge in [0.15, 0.2) is 5.65 Å². The third-order valence-electron chi connectivity index (χ3n) is 6.50. The first-order valence-electron chi connectivity index (χ1n) is 10.4. The first-order valence-corrected chi connectivity index (χ1v) is 10.4. The maximum absolute atomic E-state index is 11.8. The third kappa shape index (κ3) is 3.73. The number of carbonyl (C=O) groups is 2. The van der Waals surface area contributed by atoms with E-state index in [1.54, 1.807) is 13.8 Å². The van der Waals surface area contributed by atoms with Crippen LogP contribution in [0.25, 0.3) is 5.65 Å². The molecule has 1 atom stereocenters. The molecule has 4 rings (SSSR count). The fourth-order valence-electron chi connectivity index (χ4n) is 5.12. The van der Waals surface area contributed by atoms with Crippen LogP contribution in [0.2, 0.25) is 0 Å². The Morgan fingerprint density at radius 3 is 2.62 bits per heavy atom. The minimum Gasteiger partial charge on any atom is -0.352 e. The van der Waals surface area contributed by atoms with E-state index < -0.39 is 0 Å². The minimum absolute atomic E-state index is 0.00774. The number of piperidine rings is 1. The topological polar surface area (TPSA) is 82.8 Å². The molecule has 1 N–H and O–H groups in total. The molecule has 2 saturated heterocycles. The summed E-state index contributed by atoms with van der Waals surface area (Å²) in [5.74, 6) is 0.151. The Bertz CT molecular complexity index is 944. The molecule has 8 heteroatoms. The molecule has 8 nitrogen and oxygen atoms in total. The number of rotatable bonds is 3. The number of fused-ring (bicyclic) bond motifs is 1. The van der Waals surface area contributed by atoms with Crippen molar-refractivity contribution in [2.45, 2.75) is 65.1 Å². The highest BCUT2D eigenvalue weighted by Crippen LogP contribution is 2.40. The molecular formula is C21H30N6O2. The SMILES string of the molecule is CC(=O)N[C@@H]1CN(Cc2cnn3c(C)cc(C)nc23)C2(CCN(C(C)=O)CC2)C1. The molecule has 0 unspecified atom stereocenters. The standard InChI is InChI=1S/C21H30N6O2/c1-14-9-15(2)27-20(23-14)18(11-22-27)12-26-13-19(24-16(3)28)10-21(26)5-7-25(8-6-21)17(4)29/h9,11,19H,5-8,10,12-13H2,1-4H3,(H,24,28)/t19-/m0/s1. The average molecular weight is 399 g/mol. The fraction of sp³-hybridized carbons (Fsp3) is 0.619. The Kier molecular flexibility index (Phi) is 5.06. The first-order chi connectivity index (χ1) is 13.8. The van der Waals surface area contributed by atoms with E-state index >= 15 is 0 Å². The summed E-state index contributed by atoms with van der Waals surface area (Å²) in [6, 6.07) is 2.17. The van der Waals surface area contributed by atoms with Crippen molar-refractivity contribution in [3.05, 3.63) is 29.2 Å². The summed E-state index contributed by atoms with van der Waals surface area (Å²) in [6.07, 6.45) is 4.68. The number of amides is 2. The average Bonchev–Trinajstić information content (AvgIpc) is 3.17. The van der Waals surface area contributed by atoms with Crippen LogP contribution in [0.5, 0.6) is 0 Å². The maximum atomic E-state index is 11.8. The van der Waals surface area contributed by atoms with E-state index in [9.17, 15) is 9.59 Å². The van der Waals surface area contributed by atoms with Crippen molar-refractivity contribution in [1.82, 2.24) is 29.7 Å². The third-order valence-corrected chi connectivity index (χ3v) is 6.50. The highest BCUT2D eigenvalue weighted by atomic mass is 16.2. The van der Waals surface area contributed by atoms with Gasteiger partial charge < -0.3 is 10.2 Å². The highest BCUT2D eigenvalue weighted by Gasteiger charge is 2.47. The van der Waals surface area contributed by atoms with Crippen molar-refractivity contribution >= 4 is 17.5 Å². The summed E-state index contributed by atoms with van der Waals surface area (Å²) in [7, 11) is 0. The summed E-state index contributed by atoms with van der Waals surface area (Å²) in [5, 5.41) is 7.66. The molecule has 2 aliphatic rings. The first kappa shape index (κ1) is 19.8. The Hall–Kier alpha value is -2.48. The van der Waals surface area contributed by atoms with Crippen LogP contribution in [0, 0.1) is 13.8 Å². The van der Waals surface area contributed by atoms with E-state index in [1.165, 1.54) is 0 Å². The lowest BCUT2D eigenvalue weighted by molar-refractivity contribution is -0.131. The van der Waals surface area contributed by atoms with Crippen LogP contribution in [0.1, 0.15) is 50.1 Å². The van der Waals surface area contributed by atoms with Crippen molar-refractivity contribution in [3.63, 3.8) is 0 Å². The second-order valence-electron chi connectivity index (χ2n) is 8.66. The lowest BCUT2D eigenvalue weighted by Crippen LogP contribution is -2.52. The van der Waals surface area contributed by atoms with Crippen LogP contribution in [0.3, 0.4) is 0 Å². The van der Waals surface area contributed by atoms with E-state index in [0.717, 1.165) is 68.0 Å². The van der Waals surface area contributed by atoms with Crippen LogP contribution in [-0.2, 0) is 16.1 Å². The van der Waals surface area contributed by atoms with Crippen LogP contribution in [-0.4, -0.2) is 67.4 Å². The Balaban J connectivity index is 1.61. The zero-order valence-corrected chi connectivity index (χ0v) is 17.7. The van der Waals surface area contributed by atoms with Gasteiger partial charge >= 0.3 is 0 Å². The summed E-state index contributed by atoms with van der Waals surface area (Å²) in [6.45, 7) is 10.4. The largest absolute Gasteiger partial charge is 0.352 e.